The maximum atomic E-state index is 12.2. The second-order valence-corrected chi connectivity index (χ2v) is 6.92. The predicted octanol–water partition coefficient (Wildman–Crippen LogP) is 2.86. The maximum absolute atomic E-state index is 12.2. The van der Waals surface area contributed by atoms with Crippen LogP contribution in [-0.4, -0.2) is 37.0 Å². The van der Waals surface area contributed by atoms with E-state index in [0.29, 0.717) is 5.91 Å². The van der Waals surface area contributed by atoms with Gasteiger partial charge >= 0.3 is 0 Å². The summed E-state index contributed by atoms with van der Waals surface area (Å²) in [6.45, 7) is 4.12. The van der Waals surface area contributed by atoms with E-state index in [4.69, 9.17) is 0 Å². The van der Waals surface area contributed by atoms with Crippen LogP contribution >= 0.6 is 0 Å². The third kappa shape index (κ3) is 4.84. The van der Waals surface area contributed by atoms with Gasteiger partial charge in [-0.25, -0.2) is 0 Å². The highest BCUT2D eigenvalue weighted by molar-refractivity contribution is 5.79. The number of rotatable bonds is 7. The van der Waals surface area contributed by atoms with Crippen molar-refractivity contribution in [3.05, 3.63) is 35.9 Å². The summed E-state index contributed by atoms with van der Waals surface area (Å²) >= 11 is 0. The van der Waals surface area contributed by atoms with Gasteiger partial charge in [-0.2, -0.15) is 0 Å². The fourth-order valence-corrected chi connectivity index (χ4v) is 3.34. The van der Waals surface area contributed by atoms with Crippen LogP contribution in [0.3, 0.4) is 0 Å². The molecule has 1 aliphatic carbocycles. The van der Waals surface area contributed by atoms with Gasteiger partial charge in [0.1, 0.15) is 0 Å². The summed E-state index contributed by atoms with van der Waals surface area (Å²) < 4.78 is 0. The predicted molar refractivity (Wildman–Crippen MR) is 89.7 cm³/mol. The van der Waals surface area contributed by atoms with Gasteiger partial charge < -0.3 is 10.2 Å². The van der Waals surface area contributed by atoms with Gasteiger partial charge in [0.2, 0.25) is 5.91 Å². The molecule has 1 atom stereocenters. The molecular formula is C19H28N2O. The second kappa shape index (κ2) is 7.77. The van der Waals surface area contributed by atoms with E-state index in [0.717, 1.165) is 51.4 Å². The molecule has 1 N–H and O–H groups in total. The fraction of sp³-hybridized carbons (Fsp3) is 0.632. The molecule has 1 aromatic rings. The number of piperidine rings is 1. The molecule has 3 rings (SSSR count). The van der Waals surface area contributed by atoms with Gasteiger partial charge in [0.05, 0.1) is 5.92 Å². The van der Waals surface area contributed by atoms with E-state index in [-0.39, 0.29) is 5.92 Å². The molecule has 3 nitrogen and oxygen atoms in total. The Labute approximate surface area is 134 Å². The number of carbonyl (C=O) groups is 1. The number of hydrogen-bond acceptors (Lipinski definition) is 2. The number of hydrogen-bond donors (Lipinski definition) is 1. The van der Waals surface area contributed by atoms with Crippen LogP contribution in [0.1, 0.15) is 37.7 Å². The SMILES string of the molecule is O=C(NCC1CC1)[C@H]1CCCN(CCCc2ccccc2)C1. The monoisotopic (exact) mass is 300 g/mol. The Balaban J connectivity index is 1.37. The first-order chi connectivity index (χ1) is 10.8. The smallest absolute Gasteiger partial charge is 0.224 e. The van der Waals surface area contributed by atoms with Crippen LogP contribution in [0.4, 0.5) is 0 Å². The van der Waals surface area contributed by atoms with Crippen molar-refractivity contribution in [1.82, 2.24) is 10.2 Å². The van der Waals surface area contributed by atoms with Gasteiger partial charge in [0.15, 0.2) is 0 Å². The third-order valence-corrected chi connectivity index (χ3v) is 4.92. The van der Waals surface area contributed by atoms with Crippen LogP contribution in [0, 0.1) is 11.8 Å². The van der Waals surface area contributed by atoms with Crippen LogP contribution in [-0.2, 0) is 11.2 Å². The first kappa shape index (κ1) is 15.5. The summed E-state index contributed by atoms with van der Waals surface area (Å²) in [5, 5.41) is 3.15. The number of likely N-dealkylation sites (tertiary alicyclic amines) is 1. The molecule has 0 aromatic heterocycles. The first-order valence-corrected chi connectivity index (χ1v) is 8.85. The minimum atomic E-state index is 0.212. The lowest BCUT2D eigenvalue weighted by molar-refractivity contribution is -0.126. The van der Waals surface area contributed by atoms with E-state index in [2.05, 4.69) is 40.5 Å². The third-order valence-electron chi connectivity index (χ3n) is 4.92. The zero-order valence-electron chi connectivity index (χ0n) is 13.5. The molecule has 1 amide bonds. The molecule has 1 aliphatic heterocycles. The number of carbonyl (C=O) groups excluding carboxylic acids is 1. The zero-order valence-corrected chi connectivity index (χ0v) is 13.5. The Bertz CT molecular complexity index is 470. The Morgan fingerprint density at radius 1 is 1.18 bits per heavy atom. The molecule has 1 aromatic carbocycles. The van der Waals surface area contributed by atoms with E-state index < -0.39 is 0 Å². The molecule has 0 bridgehead atoms. The lowest BCUT2D eigenvalue weighted by Gasteiger charge is -2.32. The van der Waals surface area contributed by atoms with Crippen molar-refractivity contribution in [2.45, 2.75) is 38.5 Å². The van der Waals surface area contributed by atoms with Crippen molar-refractivity contribution < 1.29 is 4.79 Å². The largest absolute Gasteiger partial charge is 0.356 e. The average Bonchev–Trinajstić information content (AvgIpc) is 3.38. The minimum absolute atomic E-state index is 0.212. The summed E-state index contributed by atoms with van der Waals surface area (Å²) in [5.74, 6) is 1.28. The van der Waals surface area contributed by atoms with Crippen molar-refractivity contribution in [1.29, 1.82) is 0 Å². The molecule has 1 saturated heterocycles. The van der Waals surface area contributed by atoms with E-state index in [1.165, 1.54) is 24.8 Å². The van der Waals surface area contributed by atoms with Crippen molar-refractivity contribution in [3.63, 3.8) is 0 Å². The molecule has 120 valence electrons. The standard InChI is InChI=1S/C19H28N2O/c22-19(20-14-17-10-11-17)18-9-5-13-21(15-18)12-4-8-16-6-2-1-3-7-16/h1-3,6-7,17-18H,4-5,8-15H2,(H,20,22)/t18-/m0/s1. The fourth-order valence-electron chi connectivity index (χ4n) is 3.34. The Morgan fingerprint density at radius 3 is 2.77 bits per heavy atom. The van der Waals surface area contributed by atoms with E-state index in [1.807, 2.05) is 0 Å². The molecule has 2 fully saturated rings. The van der Waals surface area contributed by atoms with Crippen molar-refractivity contribution in [3.8, 4) is 0 Å². The van der Waals surface area contributed by atoms with Gasteiger partial charge in [-0.3, -0.25) is 4.79 Å². The van der Waals surface area contributed by atoms with Crippen LogP contribution in [0.2, 0.25) is 0 Å². The van der Waals surface area contributed by atoms with Crippen LogP contribution in [0.5, 0.6) is 0 Å². The van der Waals surface area contributed by atoms with Crippen LogP contribution in [0.15, 0.2) is 30.3 Å². The number of benzene rings is 1. The van der Waals surface area contributed by atoms with E-state index >= 15 is 0 Å². The van der Waals surface area contributed by atoms with Crippen LogP contribution < -0.4 is 5.32 Å². The van der Waals surface area contributed by atoms with Gasteiger partial charge in [-0.15, -0.1) is 0 Å². The quantitative estimate of drug-likeness (QED) is 0.840. The summed E-state index contributed by atoms with van der Waals surface area (Å²) in [5.41, 5.74) is 1.42. The normalized spacial score (nSPS) is 22.5. The molecule has 0 spiro atoms. The highest BCUT2D eigenvalue weighted by atomic mass is 16.1. The van der Waals surface area contributed by atoms with Gasteiger partial charge in [0.25, 0.3) is 0 Å². The highest BCUT2D eigenvalue weighted by Gasteiger charge is 2.27. The van der Waals surface area contributed by atoms with Gasteiger partial charge in [-0.05, 0) is 63.1 Å². The van der Waals surface area contributed by atoms with Gasteiger partial charge in [-0.1, -0.05) is 30.3 Å². The lowest BCUT2D eigenvalue weighted by Crippen LogP contribution is -2.43. The van der Waals surface area contributed by atoms with E-state index in [1.54, 1.807) is 0 Å². The molecule has 1 heterocycles. The lowest BCUT2D eigenvalue weighted by atomic mass is 9.96. The van der Waals surface area contributed by atoms with Crippen LogP contribution in [0.25, 0.3) is 0 Å². The topological polar surface area (TPSA) is 32.3 Å². The Morgan fingerprint density at radius 2 is 2.00 bits per heavy atom. The Hall–Kier alpha value is -1.35. The molecule has 22 heavy (non-hydrogen) atoms. The average molecular weight is 300 g/mol. The Kier molecular flexibility index (Phi) is 5.49. The molecule has 0 unspecified atom stereocenters. The highest BCUT2D eigenvalue weighted by Crippen LogP contribution is 2.28. The number of nitrogens with one attached hydrogen (secondary N) is 1. The second-order valence-electron chi connectivity index (χ2n) is 6.92. The summed E-state index contributed by atoms with van der Waals surface area (Å²) in [6, 6.07) is 10.7. The molecule has 2 aliphatic rings. The van der Waals surface area contributed by atoms with Gasteiger partial charge in [0, 0.05) is 13.1 Å². The van der Waals surface area contributed by atoms with Crippen molar-refractivity contribution in [2.75, 3.05) is 26.2 Å². The zero-order chi connectivity index (χ0) is 15.2. The number of aryl methyl sites for hydroxylation is 1. The molecule has 1 saturated carbocycles. The minimum Gasteiger partial charge on any atom is -0.356 e. The summed E-state index contributed by atoms with van der Waals surface area (Å²) in [7, 11) is 0. The summed E-state index contributed by atoms with van der Waals surface area (Å²) in [4.78, 5) is 14.7. The maximum Gasteiger partial charge on any atom is 0.224 e. The number of amides is 1. The molecule has 0 radical (unpaired) electrons. The van der Waals surface area contributed by atoms with Crippen molar-refractivity contribution in [2.24, 2.45) is 11.8 Å². The van der Waals surface area contributed by atoms with E-state index in [9.17, 15) is 4.79 Å². The molecule has 3 heteroatoms. The summed E-state index contributed by atoms with van der Waals surface area (Å²) in [6.07, 6.45) is 7.14. The molecular weight excluding hydrogens is 272 g/mol. The van der Waals surface area contributed by atoms with Crippen molar-refractivity contribution >= 4 is 5.91 Å². The first-order valence-electron chi connectivity index (χ1n) is 8.85. The number of nitrogens with zero attached hydrogens (tertiary/aromatic N) is 1.